The fraction of sp³-hybridized carbons (Fsp3) is 0.462. The summed E-state index contributed by atoms with van der Waals surface area (Å²) in [6.45, 7) is 2.41. The van der Waals surface area contributed by atoms with Crippen LogP contribution in [0.4, 0.5) is 0 Å². The van der Waals surface area contributed by atoms with Crippen LogP contribution < -0.4 is 0 Å². The maximum absolute atomic E-state index is 12.7. The number of rotatable bonds is 2. The van der Waals surface area contributed by atoms with Crippen LogP contribution in [0.1, 0.15) is 30.1 Å². The molecule has 1 amide bonds. The lowest BCUT2D eigenvalue weighted by molar-refractivity contribution is 0.0310. The van der Waals surface area contributed by atoms with E-state index in [1.807, 2.05) is 12.3 Å². The number of amides is 1. The molecule has 0 radical (unpaired) electrons. The van der Waals surface area contributed by atoms with Crippen molar-refractivity contribution in [2.24, 2.45) is 0 Å². The van der Waals surface area contributed by atoms with Gasteiger partial charge >= 0.3 is 0 Å². The first kappa shape index (κ1) is 13.3. The van der Waals surface area contributed by atoms with E-state index in [-0.39, 0.29) is 11.9 Å². The largest absolute Gasteiger partial charge is 0.391 e. The molecule has 0 bridgehead atoms. The highest BCUT2D eigenvalue weighted by Gasteiger charge is 2.30. The topological polar surface area (TPSA) is 71.2 Å². The smallest absolute Gasteiger partial charge is 0.257 e. The molecular formula is C13H16N4O2S. The van der Waals surface area contributed by atoms with Crippen molar-refractivity contribution in [3.8, 4) is 5.00 Å². The van der Waals surface area contributed by atoms with Crippen LogP contribution in [-0.2, 0) is 0 Å². The van der Waals surface area contributed by atoms with Gasteiger partial charge in [-0.05, 0) is 31.2 Å². The molecule has 3 rings (SSSR count). The highest BCUT2D eigenvalue weighted by molar-refractivity contribution is 7.12. The molecule has 7 heteroatoms. The van der Waals surface area contributed by atoms with Crippen molar-refractivity contribution in [2.45, 2.75) is 31.9 Å². The van der Waals surface area contributed by atoms with Gasteiger partial charge in [0.15, 0.2) is 5.00 Å². The summed E-state index contributed by atoms with van der Waals surface area (Å²) in [5, 5.41) is 20.5. The molecule has 1 fully saturated rings. The van der Waals surface area contributed by atoms with Gasteiger partial charge in [-0.2, -0.15) is 10.2 Å². The van der Waals surface area contributed by atoms with E-state index in [0.29, 0.717) is 17.1 Å². The van der Waals surface area contributed by atoms with Gasteiger partial charge in [0, 0.05) is 12.6 Å². The summed E-state index contributed by atoms with van der Waals surface area (Å²) in [5.74, 6) is -0.0650. The second kappa shape index (κ2) is 5.34. The third kappa shape index (κ3) is 2.34. The Labute approximate surface area is 120 Å². The summed E-state index contributed by atoms with van der Waals surface area (Å²) < 4.78 is 0. The molecule has 1 saturated heterocycles. The molecule has 106 valence electrons. The van der Waals surface area contributed by atoms with Crippen molar-refractivity contribution in [3.63, 3.8) is 0 Å². The zero-order valence-electron chi connectivity index (χ0n) is 11.1. The normalized spacial score (nSPS) is 23.0. The number of thiophene rings is 1. The van der Waals surface area contributed by atoms with E-state index in [1.54, 1.807) is 23.4 Å². The lowest BCUT2D eigenvalue weighted by Crippen LogP contribution is -2.47. The predicted octanol–water partition coefficient (Wildman–Crippen LogP) is 1.31. The van der Waals surface area contributed by atoms with Crippen molar-refractivity contribution >= 4 is 17.2 Å². The molecule has 6 nitrogen and oxygen atoms in total. The average molecular weight is 292 g/mol. The standard InChI is InChI=1S/C13H16N4O2S/c1-9-2-3-10(18)8-16(9)12(19)11-4-7-20-13(11)17-14-5-6-15-17/h4-7,9-10,18H,2-3,8H2,1H3/t9-,10+/m1/s1. The number of carbonyl (C=O) groups excluding carboxylic acids is 1. The minimum absolute atomic E-state index is 0.0650. The van der Waals surface area contributed by atoms with E-state index >= 15 is 0 Å². The first-order valence-corrected chi connectivity index (χ1v) is 7.48. The average Bonchev–Trinajstić information content (AvgIpc) is 3.10. The van der Waals surface area contributed by atoms with Crippen molar-refractivity contribution in [1.29, 1.82) is 0 Å². The van der Waals surface area contributed by atoms with Gasteiger partial charge in [-0.3, -0.25) is 4.79 Å². The van der Waals surface area contributed by atoms with Gasteiger partial charge < -0.3 is 10.0 Å². The Bertz CT molecular complexity index is 595. The first-order valence-electron chi connectivity index (χ1n) is 6.60. The first-order chi connectivity index (χ1) is 9.66. The van der Waals surface area contributed by atoms with Gasteiger partial charge in [0.25, 0.3) is 5.91 Å². The predicted molar refractivity (Wildman–Crippen MR) is 75.0 cm³/mol. The highest BCUT2D eigenvalue weighted by Crippen LogP contribution is 2.25. The van der Waals surface area contributed by atoms with Crippen molar-refractivity contribution in [2.75, 3.05) is 6.54 Å². The monoisotopic (exact) mass is 292 g/mol. The fourth-order valence-corrected chi connectivity index (χ4v) is 3.27. The Morgan fingerprint density at radius 3 is 2.90 bits per heavy atom. The molecule has 20 heavy (non-hydrogen) atoms. The van der Waals surface area contributed by atoms with Crippen LogP contribution in [0.5, 0.6) is 0 Å². The van der Waals surface area contributed by atoms with Crippen molar-refractivity contribution in [3.05, 3.63) is 29.4 Å². The van der Waals surface area contributed by atoms with Gasteiger partial charge in [-0.15, -0.1) is 16.1 Å². The number of nitrogens with zero attached hydrogens (tertiary/aromatic N) is 4. The van der Waals surface area contributed by atoms with E-state index in [9.17, 15) is 9.90 Å². The molecule has 0 aliphatic carbocycles. The number of likely N-dealkylation sites (tertiary alicyclic amines) is 1. The number of aliphatic hydroxyl groups is 1. The molecule has 0 saturated carbocycles. The number of hydrogen-bond donors (Lipinski definition) is 1. The second-order valence-electron chi connectivity index (χ2n) is 5.00. The van der Waals surface area contributed by atoms with E-state index in [0.717, 1.165) is 12.8 Å². The number of β-amino-alcohol motifs (C(OH)–C–C–N with tert-alkyl or cyclic N) is 1. The molecule has 0 unspecified atom stereocenters. The van der Waals surface area contributed by atoms with Crippen LogP contribution in [0.25, 0.3) is 5.00 Å². The molecule has 0 spiro atoms. The number of aliphatic hydroxyl groups excluding tert-OH is 1. The maximum atomic E-state index is 12.7. The summed E-state index contributed by atoms with van der Waals surface area (Å²) in [5.41, 5.74) is 0.590. The van der Waals surface area contributed by atoms with Crippen LogP contribution >= 0.6 is 11.3 Å². The summed E-state index contributed by atoms with van der Waals surface area (Å²) in [6, 6.07) is 1.93. The Balaban J connectivity index is 1.89. The molecule has 0 aromatic carbocycles. The molecule has 2 atom stereocenters. The second-order valence-corrected chi connectivity index (χ2v) is 5.89. The van der Waals surface area contributed by atoms with E-state index in [4.69, 9.17) is 0 Å². The molecule has 1 N–H and O–H groups in total. The zero-order chi connectivity index (χ0) is 14.1. The Morgan fingerprint density at radius 2 is 2.15 bits per heavy atom. The molecule has 2 aromatic heterocycles. The van der Waals surface area contributed by atoms with Crippen molar-refractivity contribution < 1.29 is 9.90 Å². The summed E-state index contributed by atoms with van der Waals surface area (Å²) in [7, 11) is 0. The minimum atomic E-state index is -0.430. The van der Waals surface area contributed by atoms with Gasteiger partial charge in [0.05, 0.1) is 24.1 Å². The number of hydrogen-bond acceptors (Lipinski definition) is 5. The number of piperidine rings is 1. The number of carbonyl (C=O) groups is 1. The SMILES string of the molecule is C[C@@H]1CC[C@H](O)CN1C(=O)c1ccsc1-n1nccn1. The Kier molecular flexibility index (Phi) is 3.54. The highest BCUT2D eigenvalue weighted by atomic mass is 32.1. The van der Waals surface area contributed by atoms with Crippen LogP contribution in [0, 0.1) is 0 Å². The van der Waals surface area contributed by atoms with Crippen molar-refractivity contribution in [1.82, 2.24) is 19.9 Å². The zero-order valence-corrected chi connectivity index (χ0v) is 12.0. The van der Waals surface area contributed by atoms with Crippen LogP contribution in [0.15, 0.2) is 23.8 Å². The van der Waals surface area contributed by atoms with E-state index < -0.39 is 6.10 Å². The van der Waals surface area contributed by atoms with Crippen LogP contribution in [0.3, 0.4) is 0 Å². The Morgan fingerprint density at radius 1 is 1.40 bits per heavy atom. The lowest BCUT2D eigenvalue weighted by Gasteiger charge is -2.36. The van der Waals surface area contributed by atoms with Crippen LogP contribution in [-0.4, -0.2) is 49.6 Å². The van der Waals surface area contributed by atoms with Gasteiger partial charge in [-0.1, -0.05) is 0 Å². The Hall–Kier alpha value is -1.73. The maximum Gasteiger partial charge on any atom is 0.257 e. The minimum Gasteiger partial charge on any atom is -0.391 e. The number of aromatic nitrogens is 3. The molecule has 1 aliphatic rings. The van der Waals surface area contributed by atoms with Gasteiger partial charge in [0.2, 0.25) is 0 Å². The van der Waals surface area contributed by atoms with Gasteiger partial charge in [-0.25, -0.2) is 0 Å². The molecule has 3 heterocycles. The lowest BCUT2D eigenvalue weighted by atomic mass is 10.0. The molecular weight excluding hydrogens is 276 g/mol. The van der Waals surface area contributed by atoms with E-state index in [1.165, 1.54) is 16.1 Å². The summed E-state index contributed by atoms with van der Waals surface area (Å²) in [6.07, 6.45) is 4.32. The summed E-state index contributed by atoms with van der Waals surface area (Å²) in [4.78, 5) is 15.9. The fourth-order valence-electron chi connectivity index (χ4n) is 2.47. The van der Waals surface area contributed by atoms with Crippen LogP contribution in [0.2, 0.25) is 0 Å². The molecule has 2 aromatic rings. The summed E-state index contributed by atoms with van der Waals surface area (Å²) >= 11 is 1.43. The quantitative estimate of drug-likeness (QED) is 0.906. The van der Waals surface area contributed by atoms with E-state index in [2.05, 4.69) is 10.2 Å². The third-order valence-electron chi connectivity index (χ3n) is 3.59. The van der Waals surface area contributed by atoms with Gasteiger partial charge in [0.1, 0.15) is 0 Å². The third-order valence-corrected chi connectivity index (χ3v) is 4.47. The molecule has 1 aliphatic heterocycles.